The Kier molecular flexibility index (Phi) is 6.02. The summed E-state index contributed by atoms with van der Waals surface area (Å²) < 4.78 is 0. The maximum atomic E-state index is 12.4. The van der Waals surface area contributed by atoms with Crippen LogP contribution in [0.25, 0.3) is 0 Å². The lowest BCUT2D eigenvalue weighted by Crippen LogP contribution is -2.44. The molecule has 126 valence electrons. The van der Waals surface area contributed by atoms with Crippen LogP contribution in [0.2, 0.25) is 5.02 Å². The molecule has 1 fully saturated rings. The van der Waals surface area contributed by atoms with Gasteiger partial charge in [-0.05, 0) is 45.8 Å². The molecule has 0 aromatic heterocycles. The zero-order valence-corrected chi connectivity index (χ0v) is 14.2. The number of amides is 1. The smallest absolute Gasteiger partial charge is 0.330 e. The maximum Gasteiger partial charge on any atom is 0.330 e. The highest BCUT2D eigenvalue weighted by atomic mass is 35.5. The van der Waals surface area contributed by atoms with Gasteiger partial charge in [0.1, 0.15) is 0 Å². The van der Waals surface area contributed by atoms with Crippen molar-refractivity contribution in [1.29, 1.82) is 0 Å². The molecule has 2 N–H and O–H groups in total. The van der Waals surface area contributed by atoms with Crippen molar-refractivity contribution in [2.24, 2.45) is 5.92 Å². The molecule has 1 aromatic rings. The van der Waals surface area contributed by atoms with Crippen molar-refractivity contribution < 1.29 is 14.7 Å². The topological polar surface area (TPSA) is 69.6 Å². The van der Waals surface area contributed by atoms with E-state index in [1.54, 1.807) is 24.3 Å². The van der Waals surface area contributed by atoms with E-state index >= 15 is 0 Å². The first-order valence-electron chi connectivity index (χ1n) is 7.91. The van der Waals surface area contributed by atoms with Crippen molar-refractivity contribution in [3.05, 3.63) is 34.9 Å². The first-order valence-corrected chi connectivity index (χ1v) is 8.29. The van der Waals surface area contributed by atoms with Crippen LogP contribution in [0.4, 0.5) is 0 Å². The second-order valence-corrected chi connectivity index (χ2v) is 6.61. The van der Waals surface area contributed by atoms with Gasteiger partial charge in [-0.15, -0.1) is 0 Å². The Morgan fingerprint density at radius 1 is 1.26 bits per heavy atom. The van der Waals surface area contributed by atoms with Crippen LogP contribution in [0, 0.1) is 5.92 Å². The van der Waals surface area contributed by atoms with Crippen LogP contribution in [0.15, 0.2) is 24.3 Å². The molecular weight excluding hydrogens is 316 g/mol. The van der Waals surface area contributed by atoms with E-state index in [0.717, 1.165) is 25.9 Å². The fraction of sp³-hybridized carbons (Fsp3) is 0.529. The first-order chi connectivity index (χ1) is 10.9. The van der Waals surface area contributed by atoms with Crippen LogP contribution in [0.1, 0.15) is 38.3 Å². The van der Waals surface area contributed by atoms with Crippen molar-refractivity contribution in [3.63, 3.8) is 0 Å². The van der Waals surface area contributed by atoms with Gasteiger partial charge in [-0.1, -0.05) is 29.8 Å². The van der Waals surface area contributed by atoms with Crippen LogP contribution < -0.4 is 5.32 Å². The number of benzene rings is 1. The zero-order valence-electron chi connectivity index (χ0n) is 13.5. The molecule has 5 nitrogen and oxygen atoms in total. The summed E-state index contributed by atoms with van der Waals surface area (Å²) in [6.07, 6.45) is 1.50. The number of rotatable bonds is 5. The van der Waals surface area contributed by atoms with Gasteiger partial charge in [0.25, 0.3) is 0 Å². The minimum Gasteiger partial charge on any atom is -0.479 e. The van der Waals surface area contributed by atoms with E-state index in [1.807, 2.05) is 0 Å². The average molecular weight is 339 g/mol. The number of nitrogens with zero attached hydrogens (tertiary/aromatic N) is 1. The van der Waals surface area contributed by atoms with E-state index in [1.165, 1.54) is 0 Å². The van der Waals surface area contributed by atoms with Gasteiger partial charge in [0.05, 0.1) is 0 Å². The van der Waals surface area contributed by atoms with Crippen molar-refractivity contribution in [2.75, 3.05) is 13.1 Å². The van der Waals surface area contributed by atoms with E-state index in [9.17, 15) is 14.7 Å². The Hall–Kier alpha value is -1.59. The molecule has 2 rings (SSSR count). The molecule has 0 aliphatic carbocycles. The minimum absolute atomic E-state index is 0.144. The number of hydrogen-bond donors (Lipinski definition) is 2. The molecule has 0 bridgehead atoms. The van der Waals surface area contributed by atoms with Crippen LogP contribution >= 0.6 is 11.6 Å². The first kappa shape index (κ1) is 17.8. The van der Waals surface area contributed by atoms with Gasteiger partial charge >= 0.3 is 5.97 Å². The highest BCUT2D eigenvalue weighted by Gasteiger charge is 2.30. The summed E-state index contributed by atoms with van der Waals surface area (Å²) in [5.41, 5.74) is 0.412. The Bertz CT molecular complexity index is 569. The summed E-state index contributed by atoms with van der Waals surface area (Å²) in [6.45, 7) is 6.00. The zero-order chi connectivity index (χ0) is 17.0. The standard InChI is InChI=1S/C17H23ClN2O3/c1-11(2)20-9-7-12(8-10-20)16(21)19-15(17(22)23)13-5-3-4-6-14(13)18/h3-6,11-12,15H,7-10H2,1-2H3,(H,19,21)(H,22,23). The molecule has 1 aliphatic heterocycles. The van der Waals surface area contributed by atoms with Gasteiger partial charge in [-0.25, -0.2) is 4.79 Å². The van der Waals surface area contributed by atoms with Gasteiger partial charge < -0.3 is 15.3 Å². The quantitative estimate of drug-likeness (QED) is 0.866. The average Bonchev–Trinajstić information content (AvgIpc) is 2.53. The highest BCUT2D eigenvalue weighted by Crippen LogP contribution is 2.25. The Morgan fingerprint density at radius 2 is 1.87 bits per heavy atom. The third kappa shape index (κ3) is 4.45. The second kappa shape index (κ2) is 7.79. The SMILES string of the molecule is CC(C)N1CCC(C(=O)NC(C(=O)O)c2ccccc2Cl)CC1. The number of aliphatic carboxylic acids is 1. The number of carboxylic acids is 1. The molecule has 1 aromatic carbocycles. The number of carboxylic acid groups (broad SMARTS) is 1. The summed E-state index contributed by atoms with van der Waals surface area (Å²) in [6, 6.07) is 6.05. The minimum atomic E-state index is -1.11. The lowest BCUT2D eigenvalue weighted by Gasteiger charge is -2.34. The molecule has 1 amide bonds. The number of halogens is 1. The number of nitrogens with one attached hydrogen (secondary N) is 1. The predicted octanol–water partition coefficient (Wildman–Crippen LogP) is 2.70. The predicted molar refractivity (Wildman–Crippen MR) is 89.4 cm³/mol. The molecule has 1 atom stereocenters. The largest absolute Gasteiger partial charge is 0.479 e. The number of carbonyl (C=O) groups excluding carboxylic acids is 1. The summed E-state index contributed by atoms with van der Waals surface area (Å²) in [5.74, 6) is -1.46. The Morgan fingerprint density at radius 3 is 2.39 bits per heavy atom. The molecule has 0 spiro atoms. The van der Waals surface area contributed by atoms with Crippen LogP contribution in [-0.4, -0.2) is 41.0 Å². The molecule has 23 heavy (non-hydrogen) atoms. The molecule has 1 unspecified atom stereocenters. The van der Waals surface area contributed by atoms with Crippen molar-refractivity contribution in [1.82, 2.24) is 10.2 Å². The molecular formula is C17H23ClN2O3. The van der Waals surface area contributed by atoms with Crippen LogP contribution in [0.3, 0.4) is 0 Å². The Labute approximate surface area is 141 Å². The van der Waals surface area contributed by atoms with E-state index in [2.05, 4.69) is 24.1 Å². The fourth-order valence-electron chi connectivity index (χ4n) is 2.92. The van der Waals surface area contributed by atoms with E-state index in [-0.39, 0.29) is 11.8 Å². The third-order valence-electron chi connectivity index (χ3n) is 4.38. The number of likely N-dealkylation sites (tertiary alicyclic amines) is 1. The summed E-state index contributed by atoms with van der Waals surface area (Å²) in [4.78, 5) is 26.3. The fourth-order valence-corrected chi connectivity index (χ4v) is 3.16. The highest BCUT2D eigenvalue weighted by molar-refractivity contribution is 6.31. The van der Waals surface area contributed by atoms with Gasteiger partial charge in [-0.2, -0.15) is 0 Å². The molecule has 0 radical (unpaired) electrons. The third-order valence-corrected chi connectivity index (χ3v) is 4.72. The molecule has 1 saturated heterocycles. The van der Waals surface area contributed by atoms with Crippen LogP contribution in [-0.2, 0) is 9.59 Å². The van der Waals surface area contributed by atoms with E-state index < -0.39 is 12.0 Å². The maximum absolute atomic E-state index is 12.4. The molecule has 1 aliphatic rings. The van der Waals surface area contributed by atoms with Gasteiger partial charge in [0.15, 0.2) is 6.04 Å². The van der Waals surface area contributed by atoms with E-state index in [4.69, 9.17) is 11.6 Å². The molecule has 6 heteroatoms. The summed E-state index contributed by atoms with van der Waals surface area (Å²) in [7, 11) is 0. The van der Waals surface area contributed by atoms with Gasteiger partial charge in [0, 0.05) is 22.5 Å². The number of hydrogen-bond acceptors (Lipinski definition) is 3. The summed E-state index contributed by atoms with van der Waals surface area (Å²) >= 11 is 6.06. The van der Waals surface area contributed by atoms with Crippen molar-refractivity contribution >= 4 is 23.5 Å². The van der Waals surface area contributed by atoms with Gasteiger partial charge in [-0.3, -0.25) is 4.79 Å². The molecule has 1 heterocycles. The van der Waals surface area contributed by atoms with Crippen molar-refractivity contribution in [3.8, 4) is 0 Å². The lowest BCUT2D eigenvalue weighted by atomic mass is 9.94. The second-order valence-electron chi connectivity index (χ2n) is 6.21. The van der Waals surface area contributed by atoms with Gasteiger partial charge in [0.2, 0.25) is 5.91 Å². The monoisotopic (exact) mass is 338 g/mol. The number of carbonyl (C=O) groups is 2. The normalized spacial score (nSPS) is 17.9. The lowest BCUT2D eigenvalue weighted by molar-refractivity contribution is -0.143. The van der Waals surface area contributed by atoms with E-state index in [0.29, 0.717) is 16.6 Å². The Balaban J connectivity index is 2.03. The number of piperidine rings is 1. The molecule has 0 saturated carbocycles. The summed E-state index contributed by atoms with van der Waals surface area (Å²) in [5, 5.41) is 12.4. The van der Waals surface area contributed by atoms with Crippen LogP contribution in [0.5, 0.6) is 0 Å². The van der Waals surface area contributed by atoms with Crippen molar-refractivity contribution in [2.45, 2.75) is 38.8 Å².